The fraction of sp³-hybridized carbons (Fsp3) is 0.538. The van der Waals surface area contributed by atoms with Crippen molar-refractivity contribution < 1.29 is 0 Å². The van der Waals surface area contributed by atoms with E-state index in [2.05, 4.69) is 11.0 Å². The summed E-state index contributed by atoms with van der Waals surface area (Å²) in [6.07, 6.45) is 3.83. The van der Waals surface area contributed by atoms with Crippen LogP contribution in [0, 0.1) is 0 Å². The zero-order valence-corrected chi connectivity index (χ0v) is 10.1. The van der Waals surface area contributed by atoms with E-state index in [0.29, 0.717) is 6.04 Å². The maximum atomic E-state index is 6.37. The minimum atomic E-state index is 0.141. The molecule has 0 bridgehead atoms. The second-order valence-electron chi connectivity index (χ2n) is 4.87. The Hall–Kier alpha value is -0.570. The van der Waals surface area contributed by atoms with Crippen LogP contribution in [0.1, 0.15) is 36.4 Å². The molecule has 2 nitrogen and oxygen atoms in total. The summed E-state index contributed by atoms with van der Waals surface area (Å²) in [4.78, 5) is 2.50. The molecule has 0 saturated carbocycles. The van der Waals surface area contributed by atoms with E-state index in [0.717, 1.165) is 11.6 Å². The Labute approximate surface area is 101 Å². The van der Waals surface area contributed by atoms with Crippen LogP contribution in [0.2, 0.25) is 5.02 Å². The van der Waals surface area contributed by atoms with Crippen LogP contribution >= 0.6 is 11.6 Å². The molecule has 0 radical (unpaired) electrons. The van der Waals surface area contributed by atoms with Crippen LogP contribution in [0.25, 0.3) is 0 Å². The molecule has 2 unspecified atom stereocenters. The maximum absolute atomic E-state index is 6.37. The summed E-state index contributed by atoms with van der Waals surface area (Å²) in [5.74, 6) is 0. The highest BCUT2D eigenvalue weighted by Crippen LogP contribution is 2.37. The summed E-state index contributed by atoms with van der Waals surface area (Å²) in [5, 5.41) is 0.872. The first-order valence-corrected chi connectivity index (χ1v) is 6.42. The molecule has 0 amide bonds. The van der Waals surface area contributed by atoms with Gasteiger partial charge in [-0.2, -0.15) is 0 Å². The van der Waals surface area contributed by atoms with Crippen LogP contribution in [-0.4, -0.2) is 17.5 Å². The van der Waals surface area contributed by atoms with Crippen molar-refractivity contribution in [3.8, 4) is 0 Å². The number of benzene rings is 1. The Morgan fingerprint density at radius 2 is 2.19 bits per heavy atom. The second kappa shape index (κ2) is 4.02. The van der Waals surface area contributed by atoms with Crippen LogP contribution < -0.4 is 5.73 Å². The van der Waals surface area contributed by atoms with Gasteiger partial charge in [-0.15, -0.1) is 0 Å². The van der Waals surface area contributed by atoms with Crippen molar-refractivity contribution in [1.29, 1.82) is 0 Å². The van der Waals surface area contributed by atoms with Crippen molar-refractivity contribution in [3.05, 3.63) is 34.3 Å². The lowest BCUT2D eigenvalue weighted by atomic mass is 9.85. The Kier molecular flexibility index (Phi) is 2.66. The molecule has 2 aliphatic rings. The number of nitrogens with zero attached hydrogens (tertiary/aromatic N) is 1. The van der Waals surface area contributed by atoms with Crippen molar-refractivity contribution >= 4 is 11.6 Å². The molecule has 2 N–H and O–H groups in total. The van der Waals surface area contributed by atoms with Crippen molar-refractivity contribution in [2.75, 3.05) is 6.54 Å². The maximum Gasteiger partial charge on any atom is 0.0457 e. The number of hydrogen-bond donors (Lipinski definition) is 1. The van der Waals surface area contributed by atoms with Crippen LogP contribution in [0.15, 0.2) is 18.2 Å². The van der Waals surface area contributed by atoms with Crippen LogP contribution in [0.3, 0.4) is 0 Å². The van der Waals surface area contributed by atoms with Gasteiger partial charge in [-0.25, -0.2) is 0 Å². The molecular weight excluding hydrogens is 220 g/mol. The van der Waals surface area contributed by atoms with Crippen LogP contribution in [0.4, 0.5) is 0 Å². The van der Waals surface area contributed by atoms with E-state index in [4.69, 9.17) is 17.3 Å². The molecule has 86 valence electrons. The highest BCUT2D eigenvalue weighted by Gasteiger charge is 2.34. The van der Waals surface area contributed by atoms with E-state index in [1.165, 1.54) is 36.9 Å². The van der Waals surface area contributed by atoms with Gasteiger partial charge in [0.2, 0.25) is 0 Å². The van der Waals surface area contributed by atoms with Gasteiger partial charge in [-0.3, -0.25) is 4.90 Å². The molecule has 2 aliphatic heterocycles. The van der Waals surface area contributed by atoms with Crippen molar-refractivity contribution in [1.82, 2.24) is 4.90 Å². The molecule has 0 spiro atoms. The van der Waals surface area contributed by atoms with Gasteiger partial charge in [-0.1, -0.05) is 30.2 Å². The fourth-order valence-corrected chi connectivity index (χ4v) is 3.33. The molecule has 3 heteroatoms. The lowest BCUT2D eigenvalue weighted by molar-refractivity contribution is 0.105. The number of piperidine rings is 1. The number of halogens is 1. The molecular formula is C13H17ClN2. The van der Waals surface area contributed by atoms with E-state index in [1.54, 1.807) is 0 Å². The monoisotopic (exact) mass is 236 g/mol. The van der Waals surface area contributed by atoms with Gasteiger partial charge < -0.3 is 5.73 Å². The smallest absolute Gasteiger partial charge is 0.0457 e. The largest absolute Gasteiger partial charge is 0.323 e. The molecule has 2 atom stereocenters. The average molecular weight is 237 g/mol. The SMILES string of the molecule is NC1c2cccc(Cl)c2CN2CCCCC12. The third kappa shape index (κ3) is 1.56. The van der Waals surface area contributed by atoms with E-state index >= 15 is 0 Å². The minimum absolute atomic E-state index is 0.141. The first-order chi connectivity index (χ1) is 7.77. The number of fused-ring (bicyclic) bond motifs is 2. The predicted molar refractivity (Wildman–Crippen MR) is 66.4 cm³/mol. The van der Waals surface area contributed by atoms with Crippen molar-refractivity contribution in [2.24, 2.45) is 5.73 Å². The van der Waals surface area contributed by atoms with Gasteiger partial charge in [0, 0.05) is 23.7 Å². The third-order valence-corrected chi connectivity index (χ3v) is 4.31. The van der Waals surface area contributed by atoms with E-state index < -0.39 is 0 Å². The van der Waals surface area contributed by atoms with E-state index in [-0.39, 0.29) is 6.04 Å². The molecule has 16 heavy (non-hydrogen) atoms. The standard InChI is InChI=1S/C13H17ClN2/c14-11-5-3-4-9-10(11)8-16-7-2-1-6-12(16)13(9)15/h3-5,12-13H,1-2,6-8,15H2. The minimum Gasteiger partial charge on any atom is -0.323 e. The summed E-state index contributed by atoms with van der Waals surface area (Å²) in [5.41, 5.74) is 8.87. The zero-order valence-electron chi connectivity index (χ0n) is 9.32. The summed E-state index contributed by atoms with van der Waals surface area (Å²) in [6, 6.07) is 6.79. The van der Waals surface area contributed by atoms with Crippen molar-refractivity contribution in [3.63, 3.8) is 0 Å². The molecule has 1 saturated heterocycles. The summed E-state index contributed by atoms with van der Waals surface area (Å²) in [7, 11) is 0. The van der Waals surface area contributed by atoms with E-state index in [9.17, 15) is 0 Å². The fourth-order valence-electron chi connectivity index (χ4n) is 3.08. The van der Waals surface area contributed by atoms with Gasteiger partial charge in [0.25, 0.3) is 0 Å². The summed E-state index contributed by atoms with van der Waals surface area (Å²) >= 11 is 6.26. The number of hydrogen-bond acceptors (Lipinski definition) is 2. The van der Waals surface area contributed by atoms with Crippen LogP contribution in [-0.2, 0) is 6.54 Å². The molecule has 0 aliphatic carbocycles. The summed E-state index contributed by atoms with van der Waals surface area (Å²) in [6.45, 7) is 2.15. The van der Waals surface area contributed by atoms with Crippen molar-refractivity contribution in [2.45, 2.75) is 37.9 Å². The number of nitrogens with two attached hydrogens (primary N) is 1. The zero-order chi connectivity index (χ0) is 11.1. The van der Waals surface area contributed by atoms with Gasteiger partial charge in [0.15, 0.2) is 0 Å². The molecule has 2 heterocycles. The second-order valence-corrected chi connectivity index (χ2v) is 5.27. The van der Waals surface area contributed by atoms with Gasteiger partial charge >= 0.3 is 0 Å². The third-order valence-electron chi connectivity index (χ3n) is 3.95. The molecule has 1 aromatic carbocycles. The van der Waals surface area contributed by atoms with Crippen LogP contribution in [0.5, 0.6) is 0 Å². The Bertz CT molecular complexity index is 405. The van der Waals surface area contributed by atoms with Gasteiger partial charge in [0.1, 0.15) is 0 Å². The normalized spacial score (nSPS) is 29.6. The Morgan fingerprint density at radius 3 is 3.06 bits per heavy atom. The lowest BCUT2D eigenvalue weighted by Gasteiger charge is -2.44. The van der Waals surface area contributed by atoms with Gasteiger partial charge in [0.05, 0.1) is 0 Å². The first-order valence-electron chi connectivity index (χ1n) is 6.04. The lowest BCUT2D eigenvalue weighted by Crippen LogP contribution is -2.48. The Balaban J connectivity index is 2.03. The highest BCUT2D eigenvalue weighted by atomic mass is 35.5. The first kappa shape index (κ1) is 10.6. The molecule has 0 aromatic heterocycles. The summed E-state index contributed by atoms with van der Waals surface area (Å²) < 4.78 is 0. The topological polar surface area (TPSA) is 29.3 Å². The van der Waals surface area contributed by atoms with Gasteiger partial charge in [-0.05, 0) is 36.6 Å². The molecule has 1 aromatic rings. The molecule has 3 rings (SSSR count). The number of rotatable bonds is 0. The predicted octanol–water partition coefficient (Wildman–Crippen LogP) is 2.71. The quantitative estimate of drug-likeness (QED) is 0.751. The average Bonchev–Trinajstić information content (AvgIpc) is 2.31. The molecule has 1 fully saturated rings. The Morgan fingerprint density at radius 1 is 1.31 bits per heavy atom. The van der Waals surface area contributed by atoms with E-state index in [1.807, 2.05) is 12.1 Å². The highest BCUT2D eigenvalue weighted by molar-refractivity contribution is 6.31.